The van der Waals surface area contributed by atoms with E-state index in [1.54, 1.807) is 23.5 Å². The van der Waals surface area contributed by atoms with Crippen LogP contribution in [0.5, 0.6) is 0 Å². The zero-order valence-corrected chi connectivity index (χ0v) is 18.4. The lowest BCUT2D eigenvalue weighted by Gasteiger charge is -2.11. The lowest BCUT2D eigenvalue weighted by atomic mass is 10.1. The molecule has 8 nitrogen and oxygen atoms in total. The Morgan fingerprint density at radius 2 is 1.93 bits per heavy atom. The van der Waals surface area contributed by atoms with Gasteiger partial charge in [0, 0.05) is 6.54 Å². The highest BCUT2D eigenvalue weighted by atomic mass is 32.2. The SMILES string of the molecule is CC(Sc1nnc2sc3ccccc3n12)C(=O)NCCc1ccc(S(N)(=O)=O)cc1. The van der Waals surface area contributed by atoms with Crippen LogP contribution in [0.2, 0.25) is 0 Å². The third-order valence-electron chi connectivity index (χ3n) is 4.53. The number of aromatic nitrogens is 3. The molecule has 0 aliphatic carbocycles. The number of primary sulfonamides is 1. The van der Waals surface area contributed by atoms with Gasteiger partial charge in [-0.1, -0.05) is 47.4 Å². The smallest absolute Gasteiger partial charge is 0.238 e. The molecule has 0 saturated heterocycles. The Bertz CT molecular complexity index is 1310. The highest BCUT2D eigenvalue weighted by Crippen LogP contribution is 2.31. The molecule has 2 heterocycles. The second-order valence-electron chi connectivity index (χ2n) is 6.66. The van der Waals surface area contributed by atoms with E-state index >= 15 is 0 Å². The Kier molecular flexibility index (Phi) is 5.78. The molecule has 1 amide bonds. The van der Waals surface area contributed by atoms with E-state index in [1.165, 1.54) is 23.9 Å². The monoisotopic (exact) mass is 461 g/mol. The second-order valence-corrected chi connectivity index (χ2v) is 10.5. The summed E-state index contributed by atoms with van der Waals surface area (Å²) in [6.07, 6.45) is 0.582. The van der Waals surface area contributed by atoms with Gasteiger partial charge in [0.2, 0.25) is 20.9 Å². The number of carbonyl (C=O) groups is 1. The van der Waals surface area contributed by atoms with Crippen LogP contribution in [0.1, 0.15) is 12.5 Å². The maximum Gasteiger partial charge on any atom is 0.238 e. The number of hydrogen-bond acceptors (Lipinski definition) is 7. The Balaban J connectivity index is 1.36. The van der Waals surface area contributed by atoms with Crippen molar-refractivity contribution in [2.75, 3.05) is 6.54 Å². The average molecular weight is 462 g/mol. The number of nitrogens with zero attached hydrogens (tertiary/aromatic N) is 3. The van der Waals surface area contributed by atoms with Crippen LogP contribution in [0.15, 0.2) is 58.6 Å². The van der Waals surface area contributed by atoms with Crippen molar-refractivity contribution >= 4 is 54.2 Å². The lowest BCUT2D eigenvalue weighted by Crippen LogP contribution is -2.32. The quantitative estimate of drug-likeness (QED) is 0.408. The zero-order chi connectivity index (χ0) is 21.3. The van der Waals surface area contributed by atoms with E-state index in [0.717, 1.165) is 20.7 Å². The zero-order valence-electron chi connectivity index (χ0n) is 16.0. The van der Waals surface area contributed by atoms with Crippen molar-refractivity contribution in [1.82, 2.24) is 19.9 Å². The maximum absolute atomic E-state index is 12.5. The van der Waals surface area contributed by atoms with Gasteiger partial charge in [-0.25, -0.2) is 13.6 Å². The molecule has 2 aromatic carbocycles. The van der Waals surface area contributed by atoms with Crippen molar-refractivity contribution in [3.05, 3.63) is 54.1 Å². The number of sulfonamides is 1. The Hall–Kier alpha value is -2.47. The van der Waals surface area contributed by atoms with Gasteiger partial charge in [-0.15, -0.1) is 10.2 Å². The fourth-order valence-corrected chi connectivity index (χ4v) is 5.39. The summed E-state index contributed by atoms with van der Waals surface area (Å²) in [6.45, 7) is 2.27. The van der Waals surface area contributed by atoms with E-state index < -0.39 is 10.0 Å². The summed E-state index contributed by atoms with van der Waals surface area (Å²) in [7, 11) is -3.70. The molecule has 1 unspecified atom stereocenters. The van der Waals surface area contributed by atoms with Crippen LogP contribution in [0.25, 0.3) is 15.2 Å². The lowest BCUT2D eigenvalue weighted by molar-refractivity contribution is -0.120. The summed E-state index contributed by atoms with van der Waals surface area (Å²) in [5, 5.41) is 16.8. The molecule has 4 rings (SSSR count). The van der Waals surface area contributed by atoms with Crippen LogP contribution in [-0.4, -0.2) is 40.7 Å². The second kappa shape index (κ2) is 8.34. The third-order valence-corrected chi connectivity index (χ3v) is 7.51. The molecule has 4 aromatic rings. The van der Waals surface area contributed by atoms with Crippen molar-refractivity contribution in [3.8, 4) is 0 Å². The summed E-state index contributed by atoms with van der Waals surface area (Å²) in [6, 6.07) is 14.3. The van der Waals surface area contributed by atoms with Crippen LogP contribution >= 0.6 is 23.1 Å². The van der Waals surface area contributed by atoms with Gasteiger partial charge in [-0.3, -0.25) is 9.20 Å². The maximum atomic E-state index is 12.5. The van der Waals surface area contributed by atoms with E-state index in [9.17, 15) is 13.2 Å². The van der Waals surface area contributed by atoms with Crippen molar-refractivity contribution < 1.29 is 13.2 Å². The number of nitrogens with two attached hydrogens (primary N) is 1. The van der Waals surface area contributed by atoms with Crippen molar-refractivity contribution in [2.24, 2.45) is 5.14 Å². The Labute approximate surface area is 181 Å². The molecule has 0 saturated carbocycles. The first-order valence-corrected chi connectivity index (χ1v) is 12.4. The first kappa shape index (κ1) is 20.8. The number of fused-ring (bicyclic) bond motifs is 3. The summed E-state index contributed by atoms with van der Waals surface area (Å²) in [5.41, 5.74) is 1.94. The van der Waals surface area contributed by atoms with Gasteiger partial charge in [0.1, 0.15) is 0 Å². The number of nitrogens with one attached hydrogen (secondary N) is 1. The first-order valence-electron chi connectivity index (χ1n) is 9.12. The van der Waals surface area contributed by atoms with E-state index in [2.05, 4.69) is 15.5 Å². The molecule has 30 heavy (non-hydrogen) atoms. The van der Waals surface area contributed by atoms with Crippen molar-refractivity contribution in [1.29, 1.82) is 0 Å². The summed E-state index contributed by atoms with van der Waals surface area (Å²) in [5.74, 6) is -0.0996. The first-order chi connectivity index (χ1) is 14.3. The molecule has 156 valence electrons. The number of thioether (sulfide) groups is 1. The fourth-order valence-electron chi connectivity index (χ4n) is 2.96. The molecule has 2 aromatic heterocycles. The average Bonchev–Trinajstić information content (AvgIpc) is 3.27. The predicted molar refractivity (Wildman–Crippen MR) is 118 cm³/mol. The van der Waals surface area contributed by atoms with Crippen LogP contribution < -0.4 is 10.5 Å². The highest BCUT2D eigenvalue weighted by molar-refractivity contribution is 8.00. The van der Waals surface area contributed by atoms with Crippen molar-refractivity contribution in [2.45, 2.75) is 28.6 Å². The molecule has 11 heteroatoms. The van der Waals surface area contributed by atoms with Crippen LogP contribution in [0.4, 0.5) is 0 Å². The third kappa shape index (κ3) is 4.33. The molecule has 0 fully saturated rings. The van der Waals surface area contributed by atoms with E-state index in [-0.39, 0.29) is 16.1 Å². The molecule has 0 radical (unpaired) electrons. The van der Waals surface area contributed by atoms with Gasteiger partial charge >= 0.3 is 0 Å². The molecular formula is C19H19N5O3S3. The highest BCUT2D eigenvalue weighted by Gasteiger charge is 2.19. The summed E-state index contributed by atoms with van der Waals surface area (Å²) < 4.78 is 25.7. The number of thiazole rings is 1. The minimum absolute atomic E-state index is 0.0703. The van der Waals surface area contributed by atoms with Gasteiger partial charge in [0.25, 0.3) is 0 Å². The molecule has 0 aliphatic heterocycles. The van der Waals surface area contributed by atoms with Gasteiger partial charge < -0.3 is 5.32 Å². The molecule has 3 N–H and O–H groups in total. The Morgan fingerprint density at radius 3 is 2.67 bits per heavy atom. The van der Waals surface area contributed by atoms with Crippen LogP contribution in [-0.2, 0) is 21.2 Å². The topological polar surface area (TPSA) is 119 Å². The number of benzene rings is 2. The fraction of sp³-hybridized carbons (Fsp3) is 0.211. The van der Waals surface area contributed by atoms with Gasteiger partial charge in [-0.05, 0) is 43.2 Å². The van der Waals surface area contributed by atoms with Gasteiger partial charge in [-0.2, -0.15) is 0 Å². The summed E-state index contributed by atoms with van der Waals surface area (Å²) >= 11 is 2.92. The number of carbonyl (C=O) groups excluding carboxylic acids is 1. The standard InChI is InChI=1S/C19H19N5O3S3/c1-12(17(25)21-11-10-13-6-8-14(9-7-13)30(20,26)27)28-18-22-23-19-24(18)15-4-2-3-5-16(15)29-19/h2-9,12H,10-11H2,1H3,(H,21,25)(H2,20,26,27). The summed E-state index contributed by atoms with van der Waals surface area (Å²) in [4.78, 5) is 13.4. The van der Waals surface area contributed by atoms with Crippen molar-refractivity contribution in [3.63, 3.8) is 0 Å². The van der Waals surface area contributed by atoms with Crippen LogP contribution in [0, 0.1) is 0 Å². The molecular weight excluding hydrogens is 442 g/mol. The van der Waals surface area contributed by atoms with Gasteiger partial charge in [0.15, 0.2) is 5.16 Å². The van der Waals surface area contributed by atoms with Gasteiger partial charge in [0.05, 0.1) is 20.4 Å². The van der Waals surface area contributed by atoms with E-state index in [4.69, 9.17) is 5.14 Å². The molecule has 0 spiro atoms. The molecule has 0 aliphatic rings. The normalized spacial score (nSPS) is 13.0. The molecule has 0 bridgehead atoms. The number of para-hydroxylation sites is 1. The minimum Gasteiger partial charge on any atom is -0.355 e. The Morgan fingerprint density at radius 1 is 1.20 bits per heavy atom. The molecule has 1 atom stereocenters. The number of amides is 1. The van der Waals surface area contributed by atoms with E-state index in [0.29, 0.717) is 18.1 Å². The number of hydrogen-bond donors (Lipinski definition) is 2. The largest absolute Gasteiger partial charge is 0.355 e. The van der Waals surface area contributed by atoms with E-state index in [1.807, 2.05) is 35.6 Å². The predicted octanol–water partition coefficient (Wildman–Crippen LogP) is 2.43. The minimum atomic E-state index is -3.70. The number of rotatable bonds is 7. The van der Waals surface area contributed by atoms with Crippen LogP contribution in [0.3, 0.4) is 0 Å².